The summed E-state index contributed by atoms with van der Waals surface area (Å²) in [6, 6.07) is 18.4. The molecule has 2 unspecified atom stereocenters. The molecule has 4 rings (SSSR count). The molecule has 3 aromatic rings. The van der Waals surface area contributed by atoms with Gasteiger partial charge in [0, 0.05) is 17.5 Å². The first-order chi connectivity index (χ1) is 10.3. The SMILES string of the molecule is OC(c1cccc2ncccc12)C1CCc2ccccc21. The van der Waals surface area contributed by atoms with E-state index in [0.29, 0.717) is 0 Å². The molecule has 2 nitrogen and oxygen atoms in total. The van der Waals surface area contributed by atoms with Crippen LogP contribution < -0.4 is 0 Å². The van der Waals surface area contributed by atoms with Crippen LogP contribution >= 0.6 is 0 Å². The monoisotopic (exact) mass is 275 g/mol. The van der Waals surface area contributed by atoms with E-state index in [0.717, 1.165) is 29.3 Å². The van der Waals surface area contributed by atoms with Crippen molar-refractivity contribution in [2.45, 2.75) is 24.9 Å². The highest BCUT2D eigenvalue weighted by atomic mass is 16.3. The van der Waals surface area contributed by atoms with Crippen molar-refractivity contribution in [3.63, 3.8) is 0 Å². The molecule has 1 aromatic heterocycles. The fourth-order valence-electron chi connectivity index (χ4n) is 3.52. The maximum atomic E-state index is 10.9. The third-order valence-corrected chi connectivity index (χ3v) is 4.56. The highest BCUT2D eigenvalue weighted by Crippen LogP contribution is 2.42. The molecule has 2 heteroatoms. The van der Waals surface area contributed by atoms with E-state index in [2.05, 4.69) is 29.2 Å². The Balaban J connectivity index is 1.80. The molecule has 1 N–H and O–H groups in total. The first kappa shape index (κ1) is 12.5. The van der Waals surface area contributed by atoms with Crippen LogP contribution in [-0.4, -0.2) is 10.1 Å². The second kappa shape index (κ2) is 4.97. The zero-order valence-corrected chi connectivity index (χ0v) is 11.7. The Labute approximate surface area is 124 Å². The summed E-state index contributed by atoms with van der Waals surface area (Å²) in [5.74, 6) is 0.187. The largest absolute Gasteiger partial charge is 0.388 e. The Hall–Kier alpha value is -2.19. The molecule has 0 amide bonds. The summed E-state index contributed by atoms with van der Waals surface area (Å²) in [5.41, 5.74) is 4.61. The third kappa shape index (κ3) is 2.03. The normalized spacial score (nSPS) is 18.6. The van der Waals surface area contributed by atoms with Gasteiger partial charge in [0.25, 0.3) is 0 Å². The summed E-state index contributed by atoms with van der Waals surface area (Å²) >= 11 is 0. The Morgan fingerprint density at radius 2 is 1.90 bits per heavy atom. The molecule has 104 valence electrons. The molecule has 2 atom stereocenters. The second-order valence-electron chi connectivity index (χ2n) is 5.71. The van der Waals surface area contributed by atoms with Gasteiger partial charge in [-0.15, -0.1) is 0 Å². The van der Waals surface area contributed by atoms with Gasteiger partial charge in [0.05, 0.1) is 11.6 Å². The molecule has 1 aliphatic carbocycles. The van der Waals surface area contributed by atoms with Crippen molar-refractivity contribution in [3.05, 3.63) is 77.5 Å². The number of pyridine rings is 1. The molecule has 0 fully saturated rings. The summed E-state index contributed by atoms with van der Waals surface area (Å²) in [5, 5.41) is 12.0. The number of fused-ring (bicyclic) bond motifs is 2. The van der Waals surface area contributed by atoms with Gasteiger partial charge in [-0.25, -0.2) is 0 Å². The highest BCUT2D eigenvalue weighted by Gasteiger charge is 2.30. The minimum absolute atomic E-state index is 0.187. The predicted octanol–water partition coefficient (Wildman–Crippen LogP) is 4.00. The quantitative estimate of drug-likeness (QED) is 0.767. The van der Waals surface area contributed by atoms with Crippen molar-refractivity contribution in [1.29, 1.82) is 0 Å². The van der Waals surface area contributed by atoms with Crippen molar-refractivity contribution >= 4 is 10.9 Å². The van der Waals surface area contributed by atoms with Crippen LogP contribution in [0.2, 0.25) is 0 Å². The molecule has 0 spiro atoms. The lowest BCUT2D eigenvalue weighted by Gasteiger charge is -2.21. The molecule has 21 heavy (non-hydrogen) atoms. The first-order valence-corrected chi connectivity index (χ1v) is 7.44. The number of aliphatic hydroxyl groups is 1. The van der Waals surface area contributed by atoms with Crippen LogP contribution in [0.1, 0.15) is 35.1 Å². The molecule has 1 aliphatic rings. The molecule has 0 saturated carbocycles. The molecule has 2 aromatic carbocycles. The first-order valence-electron chi connectivity index (χ1n) is 7.44. The van der Waals surface area contributed by atoms with Gasteiger partial charge in [-0.1, -0.05) is 42.5 Å². The highest BCUT2D eigenvalue weighted by molar-refractivity contribution is 5.82. The lowest BCUT2D eigenvalue weighted by molar-refractivity contribution is 0.146. The minimum Gasteiger partial charge on any atom is -0.388 e. The molecular weight excluding hydrogens is 258 g/mol. The maximum absolute atomic E-state index is 10.9. The van der Waals surface area contributed by atoms with Crippen LogP contribution in [0.4, 0.5) is 0 Å². The van der Waals surface area contributed by atoms with Gasteiger partial charge in [-0.05, 0) is 41.7 Å². The van der Waals surface area contributed by atoms with Crippen LogP contribution in [-0.2, 0) is 6.42 Å². The van der Waals surface area contributed by atoms with Gasteiger partial charge in [0.15, 0.2) is 0 Å². The standard InChI is InChI=1S/C19H17NO/c21-19(17-11-10-13-5-1-2-6-14(13)17)16-7-3-9-18-15(16)8-4-12-20-18/h1-9,12,17,19,21H,10-11H2. The van der Waals surface area contributed by atoms with E-state index in [-0.39, 0.29) is 5.92 Å². The average Bonchev–Trinajstić information content (AvgIpc) is 2.98. The molecule has 1 heterocycles. The van der Waals surface area contributed by atoms with E-state index in [1.807, 2.05) is 30.3 Å². The van der Waals surface area contributed by atoms with Crippen molar-refractivity contribution < 1.29 is 5.11 Å². The van der Waals surface area contributed by atoms with E-state index in [9.17, 15) is 5.11 Å². The van der Waals surface area contributed by atoms with Gasteiger partial charge >= 0.3 is 0 Å². The van der Waals surface area contributed by atoms with E-state index in [4.69, 9.17) is 0 Å². The van der Waals surface area contributed by atoms with E-state index in [1.165, 1.54) is 11.1 Å². The lowest BCUT2D eigenvalue weighted by atomic mass is 9.89. The number of aryl methyl sites for hydroxylation is 1. The molecule has 0 bridgehead atoms. The van der Waals surface area contributed by atoms with E-state index in [1.54, 1.807) is 6.20 Å². The van der Waals surface area contributed by atoms with Crippen molar-refractivity contribution in [2.75, 3.05) is 0 Å². The summed E-state index contributed by atoms with van der Waals surface area (Å²) in [4.78, 5) is 4.38. The van der Waals surface area contributed by atoms with Gasteiger partial charge in [-0.2, -0.15) is 0 Å². The van der Waals surface area contributed by atoms with Gasteiger partial charge in [-0.3, -0.25) is 4.98 Å². The van der Waals surface area contributed by atoms with Gasteiger partial charge in [0.2, 0.25) is 0 Å². The minimum atomic E-state index is -0.471. The van der Waals surface area contributed by atoms with Gasteiger partial charge < -0.3 is 5.11 Å². The Morgan fingerprint density at radius 3 is 2.86 bits per heavy atom. The number of nitrogens with zero attached hydrogens (tertiary/aromatic N) is 1. The van der Waals surface area contributed by atoms with Crippen LogP contribution in [0, 0.1) is 0 Å². The van der Waals surface area contributed by atoms with Crippen LogP contribution in [0.5, 0.6) is 0 Å². The average molecular weight is 275 g/mol. The lowest BCUT2D eigenvalue weighted by Crippen LogP contribution is -2.08. The summed E-state index contributed by atoms with van der Waals surface area (Å²) in [7, 11) is 0. The predicted molar refractivity (Wildman–Crippen MR) is 84.2 cm³/mol. The molecule has 0 saturated heterocycles. The van der Waals surface area contributed by atoms with E-state index < -0.39 is 6.10 Å². The van der Waals surface area contributed by atoms with Gasteiger partial charge in [0.1, 0.15) is 0 Å². The second-order valence-corrected chi connectivity index (χ2v) is 5.71. The number of hydrogen-bond donors (Lipinski definition) is 1. The van der Waals surface area contributed by atoms with Crippen LogP contribution in [0.3, 0.4) is 0 Å². The number of aliphatic hydroxyl groups excluding tert-OH is 1. The summed E-state index contributed by atoms with van der Waals surface area (Å²) in [6.07, 6.45) is 3.39. The Kier molecular flexibility index (Phi) is 2.97. The maximum Gasteiger partial charge on any atom is 0.0865 e. The number of rotatable bonds is 2. The zero-order valence-electron chi connectivity index (χ0n) is 11.7. The van der Waals surface area contributed by atoms with Crippen LogP contribution in [0.15, 0.2) is 60.8 Å². The molecule has 0 radical (unpaired) electrons. The fraction of sp³-hybridized carbons (Fsp3) is 0.211. The van der Waals surface area contributed by atoms with E-state index >= 15 is 0 Å². The number of benzene rings is 2. The zero-order chi connectivity index (χ0) is 14.2. The van der Waals surface area contributed by atoms with Crippen molar-refractivity contribution in [1.82, 2.24) is 4.98 Å². The molecular formula is C19H17NO. The number of aromatic nitrogens is 1. The fourth-order valence-corrected chi connectivity index (χ4v) is 3.52. The summed E-state index contributed by atoms with van der Waals surface area (Å²) < 4.78 is 0. The van der Waals surface area contributed by atoms with Crippen LogP contribution in [0.25, 0.3) is 10.9 Å². The molecule has 0 aliphatic heterocycles. The number of hydrogen-bond acceptors (Lipinski definition) is 2. The smallest absolute Gasteiger partial charge is 0.0865 e. The summed E-state index contributed by atoms with van der Waals surface area (Å²) in [6.45, 7) is 0. The van der Waals surface area contributed by atoms with Crippen molar-refractivity contribution in [3.8, 4) is 0 Å². The van der Waals surface area contributed by atoms with Crippen molar-refractivity contribution in [2.24, 2.45) is 0 Å². The topological polar surface area (TPSA) is 33.1 Å². The Bertz CT molecular complexity index is 791. The third-order valence-electron chi connectivity index (χ3n) is 4.56. The Morgan fingerprint density at radius 1 is 1.00 bits per heavy atom.